The van der Waals surface area contributed by atoms with Crippen molar-refractivity contribution in [2.45, 2.75) is 44.2 Å². The fraction of sp³-hybridized carbons (Fsp3) is 0.933. The molecule has 0 heterocycles. The normalized spacial score (nSPS) is 40.9. The number of hydrogen-bond donors (Lipinski definition) is 0. The van der Waals surface area contributed by atoms with Gasteiger partial charge in [-0.3, -0.25) is 0 Å². The molecule has 2 rings (SSSR count). The first-order valence-electron chi connectivity index (χ1n) is 7.34. The molecule has 2 fully saturated rings. The van der Waals surface area contributed by atoms with Crippen LogP contribution >= 0.6 is 0 Å². The van der Waals surface area contributed by atoms with E-state index in [1.54, 1.807) is 0 Å². The number of carbonyl (C=O) groups is 1. The Morgan fingerprint density at radius 1 is 0.889 bits per heavy atom. The smallest absolute Gasteiger partial charge is 0.123 e. The van der Waals surface area contributed by atoms with Gasteiger partial charge in [-0.1, -0.05) is 6.42 Å². The Hall–Kier alpha value is -0.410. The number of nitrogens with zero attached hydrogens (tertiary/aromatic N) is 2. The fourth-order valence-corrected chi connectivity index (χ4v) is 4.42. The molecule has 0 saturated heterocycles. The minimum absolute atomic E-state index is 0.314. The van der Waals surface area contributed by atoms with Crippen LogP contribution in [-0.4, -0.2) is 56.4 Å². The Labute approximate surface area is 112 Å². The lowest BCUT2D eigenvalue weighted by molar-refractivity contribution is -0.118. The highest BCUT2D eigenvalue weighted by Gasteiger charge is 2.46. The fourth-order valence-electron chi connectivity index (χ4n) is 4.42. The maximum atomic E-state index is 11.3. The first-order chi connectivity index (χ1) is 8.56. The van der Waals surface area contributed by atoms with E-state index in [1.165, 1.54) is 32.0 Å². The van der Waals surface area contributed by atoms with E-state index in [2.05, 4.69) is 38.0 Å². The first kappa shape index (κ1) is 14.0. The third-order valence-electron chi connectivity index (χ3n) is 5.27. The molecular weight excluding hydrogens is 224 g/mol. The molecule has 0 aromatic carbocycles. The van der Waals surface area contributed by atoms with Crippen molar-refractivity contribution in [1.29, 1.82) is 0 Å². The molecule has 0 aliphatic heterocycles. The minimum Gasteiger partial charge on any atom is -0.306 e. The van der Waals surface area contributed by atoms with E-state index in [-0.39, 0.29) is 0 Å². The highest BCUT2D eigenvalue weighted by atomic mass is 16.1. The summed E-state index contributed by atoms with van der Waals surface area (Å²) in [5.41, 5.74) is 0. The molecule has 2 saturated carbocycles. The lowest BCUT2D eigenvalue weighted by atomic mass is 9.61. The van der Waals surface area contributed by atoms with Crippen molar-refractivity contribution < 1.29 is 4.79 Å². The maximum Gasteiger partial charge on any atom is 0.123 e. The van der Waals surface area contributed by atoms with Crippen molar-refractivity contribution in [2.75, 3.05) is 28.2 Å². The summed E-state index contributed by atoms with van der Waals surface area (Å²) in [4.78, 5) is 16.1. The molecule has 0 aromatic rings. The number of rotatable bonds is 3. The van der Waals surface area contributed by atoms with E-state index in [4.69, 9.17) is 0 Å². The first-order valence-corrected chi connectivity index (χ1v) is 7.34. The van der Waals surface area contributed by atoms with E-state index >= 15 is 0 Å². The van der Waals surface area contributed by atoms with Gasteiger partial charge in [0.05, 0.1) is 0 Å². The Morgan fingerprint density at radius 3 is 2.06 bits per heavy atom. The Bertz CT molecular complexity index is 280. The van der Waals surface area contributed by atoms with E-state index in [9.17, 15) is 4.79 Å². The van der Waals surface area contributed by atoms with Gasteiger partial charge in [0.25, 0.3) is 0 Å². The van der Waals surface area contributed by atoms with Gasteiger partial charge in [-0.05, 0) is 65.7 Å². The molecule has 5 atom stereocenters. The molecule has 0 bridgehead atoms. The summed E-state index contributed by atoms with van der Waals surface area (Å²) < 4.78 is 0. The van der Waals surface area contributed by atoms with E-state index < -0.39 is 0 Å². The molecule has 2 aliphatic carbocycles. The zero-order valence-corrected chi connectivity index (χ0v) is 12.3. The van der Waals surface area contributed by atoms with Gasteiger partial charge in [0.1, 0.15) is 6.29 Å². The summed E-state index contributed by atoms with van der Waals surface area (Å²) in [6.45, 7) is 0. The highest BCUT2D eigenvalue weighted by Crippen LogP contribution is 2.45. The van der Waals surface area contributed by atoms with Crippen LogP contribution < -0.4 is 0 Å². The molecule has 0 N–H and O–H groups in total. The highest BCUT2D eigenvalue weighted by molar-refractivity contribution is 5.54. The number of hydrogen-bond acceptors (Lipinski definition) is 3. The maximum absolute atomic E-state index is 11.3. The predicted octanol–water partition coefficient (Wildman–Crippen LogP) is 1.87. The van der Waals surface area contributed by atoms with Gasteiger partial charge >= 0.3 is 0 Å². The molecule has 104 valence electrons. The molecule has 5 unspecified atom stereocenters. The SMILES string of the molecule is CN(C)C1CCCC2C(C=O)CCC(N(C)C)C21. The van der Waals surface area contributed by atoms with Crippen LogP contribution in [0, 0.1) is 17.8 Å². The van der Waals surface area contributed by atoms with Crippen LogP contribution in [0.25, 0.3) is 0 Å². The lowest BCUT2D eigenvalue weighted by Crippen LogP contribution is -2.55. The Balaban J connectivity index is 2.25. The summed E-state index contributed by atoms with van der Waals surface area (Å²) >= 11 is 0. The predicted molar refractivity (Wildman–Crippen MR) is 74.6 cm³/mol. The van der Waals surface area contributed by atoms with E-state index in [0.29, 0.717) is 29.8 Å². The molecule has 3 heteroatoms. The summed E-state index contributed by atoms with van der Waals surface area (Å²) in [5.74, 6) is 1.60. The molecule has 0 spiro atoms. The van der Waals surface area contributed by atoms with Crippen LogP contribution in [0.15, 0.2) is 0 Å². The third-order valence-corrected chi connectivity index (χ3v) is 5.27. The molecule has 0 radical (unpaired) electrons. The minimum atomic E-state index is 0.314. The second-order valence-corrected chi connectivity index (χ2v) is 6.61. The molecule has 0 amide bonds. The van der Waals surface area contributed by atoms with Crippen molar-refractivity contribution in [1.82, 2.24) is 9.80 Å². The third kappa shape index (κ3) is 2.48. The van der Waals surface area contributed by atoms with Gasteiger partial charge in [-0.2, -0.15) is 0 Å². The van der Waals surface area contributed by atoms with Crippen LogP contribution in [0.5, 0.6) is 0 Å². The summed E-state index contributed by atoms with van der Waals surface area (Å²) in [7, 11) is 8.79. The van der Waals surface area contributed by atoms with E-state index in [0.717, 1.165) is 6.42 Å². The monoisotopic (exact) mass is 252 g/mol. The summed E-state index contributed by atoms with van der Waals surface area (Å²) in [6, 6.07) is 1.30. The molecule has 18 heavy (non-hydrogen) atoms. The molecule has 0 aromatic heterocycles. The van der Waals surface area contributed by atoms with Crippen LogP contribution in [0.1, 0.15) is 32.1 Å². The van der Waals surface area contributed by atoms with Gasteiger partial charge < -0.3 is 14.6 Å². The lowest BCUT2D eigenvalue weighted by Gasteiger charge is -2.52. The zero-order chi connectivity index (χ0) is 13.3. The van der Waals surface area contributed by atoms with Crippen molar-refractivity contribution in [3.63, 3.8) is 0 Å². The van der Waals surface area contributed by atoms with E-state index in [1.807, 2.05) is 0 Å². The second-order valence-electron chi connectivity index (χ2n) is 6.61. The van der Waals surface area contributed by atoms with Crippen molar-refractivity contribution in [3.8, 4) is 0 Å². The van der Waals surface area contributed by atoms with Crippen LogP contribution in [-0.2, 0) is 4.79 Å². The summed E-state index contributed by atoms with van der Waals surface area (Å²) in [5, 5.41) is 0. The number of fused-ring (bicyclic) bond motifs is 1. The molecule has 2 aliphatic rings. The number of carbonyl (C=O) groups excluding carboxylic acids is 1. The van der Waals surface area contributed by atoms with Gasteiger partial charge in [-0.15, -0.1) is 0 Å². The van der Waals surface area contributed by atoms with Gasteiger partial charge in [0.15, 0.2) is 0 Å². The molecular formula is C15H28N2O. The van der Waals surface area contributed by atoms with Crippen LogP contribution in [0.2, 0.25) is 0 Å². The summed E-state index contributed by atoms with van der Waals surface area (Å²) in [6.07, 6.45) is 7.35. The average molecular weight is 252 g/mol. The Morgan fingerprint density at radius 2 is 1.50 bits per heavy atom. The second kappa shape index (κ2) is 5.70. The molecule has 3 nitrogen and oxygen atoms in total. The van der Waals surface area contributed by atoms with Crippen molar-refractivity contribution >= 4 is 6.29 Å². The Kier molecular flexibility index (Phi) is 4.44. The number of aldehydes is 1. The average Bonchev–Trinajstić information content (AvgIpc) is 2.36. The van der Waals surface area contributed by atoms with Gasteiger partial charge in [-0.25, -0.2) is 0 Å². The zero-order valence-electron chi connectivity index (χ0n) is 12.3. The van der Waals surface area contributed by atoms with Gasteiger partial charge in [0.2, 0.25) is 0 Å². The van der Waals surface area contributed by atoms with Crippen molar-refractivity contribution in [3.05, 3.63) is 0 Å². The van der Waals surface area contributed by atoms with Crippen LogP contribution in [0.3, 0.4) is 0 Å². The van der Waals surface area contributed by atoms with Gasteiger partial charge in [0, 0.05) is 18.0 Å². The topological polar surface area (TPSA) is 23.6 Å². The van der Waals surface area contributed by atoms with Crippen LogP contribution in [0.4, 0.5) is 0 Å². The quantitative estimate of drug-likeness (QED) is 0.717. The van der Waals surface area contributed by atoms with Crippen molar-refractivity contribution in [2.24, 2.45) is 17.8 Å². The standard InChI is InChI=1S/C15H28N2O/c1-16(2)13-7-5-6-12-11(10-18)8-9-14(15(12)13)17(3)4/h10-15H,5-9H2,1-4H3. The largest absolute Gasteiger partial charge is 0.306 e.